The average Bonchev–Trinajstić information content (AvgIpc) is 3.40. The molecule has 29 heavy (non-hydrogen) atoms. The molecule has 0 spiro atoms. The quantitative estimate of drug-likeness (QED) is 0.534. The molecule has 4 rings (SSSR count). The number of carbonyl (C=O) groups is 1. The molecule has 9 heteroatoms. The highest BCUT2D eigenvalue weighted by atomic mass is 19.2. The van der Waals surface area contributed by atoms with E-state index in [9.17, 15) is 13.6 Å². The van der Waals surface area contributed by atoms with Gasteiger partial charge in [0.05, 0.1) is 0 Å². The summed E-state index contributed by atoms with van der Waals surface area (Å²) in [4.78, 5) is 16.6. The maximum Gasteiger partial charge on any atom is 0.277 e. The number of rotatable bonds is 5. The summed E-state index contributed by atoms with van der Waals surface area (Å²) in [6.07, 6.45) is 0.669. The van der Waals surface area contributed by atoms with Gasteiger partial charge in [-0.3, -0.25) is 4.79 Å². The molecule has 2 aromatic heterocycles. The third kappa shape index (κ3) is 3.88. The van der Waals surface area contributed by atoms with Crippen LogP contribution >= 0.6 is 0 Å². The summed E-state index contributed by atoms with van der Waals surface area (Å²) in [6.45, 7) is 1.93. The molecule has 1 amide bonds. The first kappa shape index (κ1) is 18.5. The molecule has 4 aromatic rings. The van der Waals surface area contributed by atoms with Crippen LogP contribution in [0.2, 0.25) is 0 Å². The first-order valence-corrected chi connectivity index (χ1v) is 8.70. The van der Waals surface area contributed by atoms with E-state index in [-0.39, 0.29) is 17.0 Å². The zero-order chi connectivity index (χ0) is 20.4. The molecule has 0 fully saturated rings. The molecule has 146 valence electrons. The van der Waals surface area contributed by atoms with E-state index in [4.69, 9.17) is 9.05 Å². The molecular weight excluding hydrogens is 382 g/mol. The summed E-state index contributed by atoms with van der Waals surface area (Å²) in [5, 5.41) is 10.2. The Morgan fingerprint density at radius 1 is 0.966 bits per heavy atom. The SMILES string of the molecule is CCc1noc(-c2ccc(NC(=O)c3cc(-c4ccc(F)c(F)c4)on3)cc2)n1. The number of nitrogens with zero attached hydrogens (tertiary/aromatic N) is 3. The fourth-order valence-electron chi connectivity index (χ4n) is 2.57. The van der Waals surface area contributed by atoms with Crippen LogP contribution in [0.3, 0.4) is 0 Å². The lowest BCUT2D eigenvalue weighted by Gasteiger charge is -2.03. The van der Waals surface area contributed by atoms with Crippen molar-refractivity contribution in [3.8, 4) is 22.8 Å². The monoisotopic (exact) mass is 396 g/mol. The summed E-state index contributed by atoms with van der Waals surface area (Å²) < 4.78 is 36.6. The molecule has 1 N–H and O–H groups in total. The number of amides is 1. The van der Waals surface area contributed by atoms with Gasteiger partial charge in [0.25, 0.3) is 11.8 Å². The van der Waals surface area contributed by atoms with Crippen molar-refractivity contribution < 1.29 is 22.6 Å². The van der Waals surface area contributed by atoms with Gasteiger partial charge in [-0.05, 0) is 42.5 Å². The Kier molecular flexibility index (Phi) is 4.86. The summed E-state index contributed by atoms with van der Waals surface area (Å²) in [6, 6.07) is 11.5. The van der Waals surface area contributed by atoms with Gasteiger partial charge in [-0.2, -0.15) is 4.98 Å². The number of nitrogens with one attached hydrogen (secondary N) is 1. The number of aryl methyl sites for hydroxylation is 1. The fraction of sp³-hybridized carbons (Fsp3) is 0.100. The molecule has 2 heterocycles. The second-order valence-electron chi connectivity index (χ2n) is 6.11. The summed E-state index contributed by atoms with van der Waals surface area (Å²) >= 11 is 0. The van der Waals surface area contributed by atoms with Crippen molar-refractivity contribution in [2.45, 2.75) is 13.3 Å². The van der Waals surface area contributed by atoms with E-state index in [1.807, 2.05) is 6.92 Å². The van der Waals surface area contributed by atoms with E-state index in [0.717, 1.165) is 17.7 Å². The standard InChI is InChI=1S/C20H14F2N4O3/c1-2-18-24-20(29-26-18)11-3-6-13(7-4-11)23-19(27)16-10-17(28-25-16)12-5-8-14(21)15(22)9-12/h3-10H,2H2,1H3,(H,23,27). The smallest absolute Gasteiger partial charge is 0.277 e. The Morgan fingerprint density at radius 3 is 2.41 bits per heavy atom. The summed E-state index contributed by atoms with van der Waals surface area (Å²) in [7, 11) is 0. The Bertz CT molecular complexity index is 1170. The molecule has 2 aromatic carbocycles. The highest BCUT2D eigenvalue weighted by Gasteiger charge is 2.16. The van der Waals surface area contributed by atoms with Crippen molar-refractivity contribution in [2.75, 3.05) is 5.32 Å². The van der Waals surface area contributed by atoms with Crippen LogP contribution in [0.4, 0.5) is 14.5 Å². The predicted molar refractivity (Wildman–Crippen MR) is 98.9 cm³/mol. The van der Waals surface area contributed by atoms with Gasteiger partial charge in [-0.1, -0.05) is 17.2 Å². The molecule has 7 nitrogen and oxygen atoms in total. The third-order valence-corrected chi connectivity index (χ3v) is 4.12. The maximum atomic E-state index is 13.4. The van der Waals surface area contributed by atoms with Crippen LogP contribution < -0.4 is 5.32 Å². The number of hydrogen-bond donors (Lipinski definition) is 1. The fourth-order valence-corrected chi connectivity index (χ4v) is 2.57. The summed E-state index contributed by atoms with van der Waals surface area (Å²) in [5.41, 5.74) is 1.51. The van der Waals surface area contributed by atoms with Crippen molar-refractivity contribution in [2.24, 2.45) is 0 Å². The molecule has 0 aliphatic heterocycles. The highest BCUT2D eigenvalue weighted by Crippen LogP contribution is 2.24. The van der Waals surface area contributed by atoms with Gasteiger partial charge in [0.2, 0.25) is 0 Å². The van der Waals surface area contributed by atoms with Crippen LogP contribution in [0.1, 0.15) is 23.2 Å². The topological polar surface area (TPSA) is 94.1 Å². The van der Waals surface area contributed by atoms with Gasteiger partial charge in [-0.25, -0.2) is 8.78 Å². The van der Waals surface area contributed by atoms with E-state index >= 15 is 0 Å². The lowest BCUT2D eigenvalue weighted by molar-refractivity contribution is 0.101. The molecule has 0 saturated carbocycles. The number of hydrogen-bond acceptors (Lipinski definition) is 6. The van der Waals surface area contributed by atoms with Gasteiger partial charge in [0, 0.05) is 29.3 Å². The van der Waals surface area contributed by atoms with Crippen LogP contribution in [-0.4, -0.2) is 21.2 Å². The number of anilines is 1. The molecule has 0 saturated heterocycles. The summed E-state index contributed by atoms with van der Waals surface area (Å²) in [5.74, 6) is -1.35. The van der Waals surface area contributed by atoms with Crippen molar-refractivity contribution >= 4 is 11.6 Å². The van der Waals surface area contributed by atoms with Crippen LogP contribution in [0, 0.1) is 11.6 Å². The van der Waals surface area contributed by atoms with Crippen LogP contribution in [0.5, 0.6) is 0 Å². The number of aromatic nitrogens is 3. The van der Waals surface area contributed by atoms with Gasteiger partial charge >= 0.3 is 0 Å². The zero-order valence-corrected chi connectivity index (χ0v) is 15.1. The van der Waals surface area contributed by atoms with Gasteiger partial charge in [0.15, 0.2) is 28.9 Å². The number of carbonyl (C=O) groups excluding carboxylic acids is 1. The molecule has 0 aliphatic carbocycles. The Hall–Kier alpha value is -3.88. The molecule has 0 atom stereocenters. The van der Waals surface area contributed by atoms with Crippen molar-refractivity contribution in [3.05, 3.63) is 71.7 Å². The second-order valence-corrected chi connectivity index (χ2v) is 6.11. The van der Waals surface area contributed by atoms with Gasteiger partial charge < -0.3 is 14.4 Å². The second kappa shape index (κ2) is 7.63. The first-order chi connectivity index (χ1) is 14.0. The number of benzene rings is 2. The lowest BCUT2D eigenvalue weighted by atomic mass is 10.1. The van der Waals surface area contributed by atoms with E-state index < -0.39 is 17.5 Å². The Labute approximate surface area is 163 Å². The molecular formula is C20H14F2N4O3. The Morgan fingerprint density at radius 2 is 1.72 bits per heavy atom. The van der Waals surface area contributed by atoms with E-state index in [2.05, 4.69) is 20.6 Å². The number of halogens is 2. The minimum Gasteiger partial charge on any atom is -0.355 e. The normalized spacial score (nSPS) is 10.9. The van der Waals surface area contributed by atoms with Crippen molar-refractivity contribution in [1.82, 2.24) is 15.3 Å². The van der Waals surface area contributed by atoms with Crippen molar-refractivity contribution in [3.63, 3.8) is 0 Å². The molecule has 0 radical (unpaired) electrons. The van der Waals surface area contributed by atoms with Crippen LogP contribution in [-0.2, 0) is 6.42 Å². The van der Waals surface area contributed by atoms with Gasteiger partial charge in [0.1, 0.15) is 0 Å². The van der Waals surface area contributed by atoms with Crippen molar-refractivity contribution in [1.29, 1.82) is 0 Å². The largest absolute Gasteiger partial charge is 0.355 e. The van der Waals surface area contributed by atoms with Gasteiger partial charge in [-0.15, -0.1) is 0 Å². The lowest BCUT2D eigenvalue weighted by Crippen LogP contribution is -2.11. The van der Waals surface area contributed by atoms with E-state index in [1.54, 1.807) is 24.3 Å². The third-order valence-electron chi connectivity index (χ3n) is 4.12. The highest BCUT2D eigenvalue weighted by molar-refractivity contribution is 6.03. The van der Waals surface area contributed by atoms with Crippen LogP contribution in [0.25, 0.3) is 22.8 Å². The maximum absolute atomic E-state index is 13.4. The minimum atomic E-state index is -1.02. The van der Waals surface area contributed by atoms with E-state index in [1.165, 1.54) is 12.1 Å². The Balaban J connectivity index is 1.46. The zero-order valence-electron chi connectivity index (χ0n) is 15.1. The average molecular weight is 396 g/mol. The molecule has 0 bridgehead atoms. The molecule has 0 unspecified atom stereocenters. The predicted octanol–water partition coefficient (Wildman–Crippen LogP) is 4.48. The van der Waals surface area contributed by atoms with Crippen LogP contribution in [0.15, 0.2) is 57.6 Å². The first-order valence-electron chi connectivity index (χ1n) is 8.70. The minimum absolute atomic E-state index is 0.00158. The molecule has 0 aliphatic rings. The van der Waals surface area contributed by atoms with E-state index in [0.29, 0.717) is 23.8 Å².